The molecule has 0 aromatic heterocycles. The van der Waals surface area contributed by atoms with Gasteiger partial charge >= 0.3 is 6.09 Å². The first-order valence-electron chi connectivity index (χ1n) is 15.6. The lowest BCUT2D eigenvalue weighted by molar-refractivity contribution is -0.119. The van der Waals surface area contributed by atoms with E-state index in [1.807, 2.05) is 93.6 Å². The number of amides is 1. The normalized spacial score (nSPS) is 14.5. The summed E-state index contributed by atoms with van der Waals surface area (Å²) in [6.07, 6.45) is 4.23. The number of alkyl carbamates (subject to hydrolysis) is 1. The molecule has 0 saturated carbocycles. The molecule has 5 nitrogen and oxygen atoms in total. The number of ketones is 1. The zero-order chi connectivity index (χ0) is 32.4. The van der Waals surface area contributed by atoms with Crippen molar-refractivity contribution in [3.05, 3.63) is 114 Å². The van der Waals surface area contributed by atoms with E-state index in [9.17, 15) is 9.59 Å². The molecule has 1 N–H and O–H groups in total. The lowest BCUT2D eigenvalue weighted by Gasteiger charge is -2.42. The van der Waals surface area contributed by atoms with Crippen LogP contribution in [-0.4, -0.2) is 37.9 Å². The molecule has 0 fully saturated rings. The minimum absolute atomic E-state index is 0.0391. The van der Waals surface area contributed by atoms with Crippen LogP contribution >= 0.6 is 0 Å². The van der Waals surface area contributed by atoms with Crippen LogP contribution in [0.5, 0.6) is 0 Å². The Balaban J connectivity index is 2.04. The quantitative estimate of drug-likeness (QED) is 0.154. The highest BCUT2D eigenvalue weighted by Gasteiger charge is 2.42. The molecule has 3 aromatic carbocycles. The van der Waals surface area contributed by atoms with Gasteiger partial charge in [0.05, 0.1) is 12.1 Å². The van der Waals surface area contributed by atoms with Crippen LogP contribution in [0.15, 0.2) is 97.1 Å². The van der Waals surface area contributed by atoms with E-state index in [2.05, 4.69) is 63.4 Å². The molecule has 0 aliphatic heterocycles. The molecule has 0 heterocycles. The summed E-state index contributed by atoms with van der Waals surface area (Å²) in [5, 5.41) is 3.10. The molecule has 0 unspecified atom stereocenters. The van der Waals surface area contributed by atoms with Crippen LogP contribution in [0.4, 0.5) is 4.79 Å². The van der Waals surface area contributed by atoms with Crippen molar-refractivity contribution in [3.8, 4) is 0 Å². The fourth-order valence-electron chi connectivity index (χ4n) is 4.81. The van der Waals surface area contributed by atoms with Crippen LogP contribution in [0.2, 0.25) is 18.1 Å². The molecular formula is C38H51NO4Si. The summed E-state index contributed by atoms with van der Waals surface area (Å²) in [6.45, 7) is 16.6. The van der Waals surface area contributed by atoms with E-state index in [0.29, 0.717) is 19.3 Å². The Morgan fingerprint density at radius 3 is 1.77 bits per heavy atom. The number of rotatable bonds is 13. The Bertz CT molecular complexity index is 1340. The van der Waals surface area contributed by atoms with Crippen LogP contribution < -0.4 is 5.32 Å². The van der Waals surface area contributed by atoms with Crippen LogP contribution in [-0.2, 0) is 26.8 Å². The third-order valence-electron chi connectivity index (χ3n) is 8.19. The molecule has 3 aromatic rings. The third kappa shape index (κ3) is 11.5. The van der Waals surface area contributed by atoms with Crippen molar-refractivity contribution >= 4 is 26.3 Å². The smallest absolute Gasteiger partial charge is 0.407 e. The summed E-state index contributed by atoms with van der Waals surface area (Å²) in [4.78, 5) is 27.2. The Labute approximate surface area is 266 Å². The summed E-state index contributed by atoms with van der Waals surface area (Å²) < 4.78 is 12.9. The first-order chi connectivity index (χ1) is 20.6. The van der Waals surface area contributed by atoms with Gasteiger partial charge in [0.2, 0.25) is 0 Å². The standard InChI is InChI=1S/C38H51NO4Si/c1-37(2,3)42-36(41)39-33(27-31-22-16-11-17-23-31)35(43-44(7,8)38(4,5)6)28-32(26-30-20-14-10-15-21-30)34(40)25-24-29-18-12-9-13-19-29/h9-25,32-33,35H,26-28H2,1-8H3,(H,39,41)/b25-24+/t32-,33+,35+/m1/s1. The van der Waals surface area contributed by atoms with Crippen molar-refractivity contribution in [3.63, 3.8) is 0 Å². The highest BCUT2D eigenvalue weighted by Crippen LogP contribution is 2.39. The van der Waals surface area contributed by atoms with Crippen molar-refractivity contribution in [2.75, 3.05) is 0 Å². The second-order valence-corrected chi connectivity index (χ2v) is 18.9. The number of allylic oxidation sites excluding steroid dienone is 1. The van der Waals surface area contributed by atoms with Crippen LogP contribution in [0.25, 0.3) is 6.08 Å². The number of hydrogen-bond acceptors (Lipinski definition) is 4. The van der Waals surface area contributed by atoms with E-state index in [-0.39, 0.29) is 16.7 Å². The highest BCUT2D eigenvalue weighted by atomic mass is 28.4. The average molecular weight is 614 g/mol. The second-order valence-electron chi connectivity index (χ2n) is 14.1. The van der Waals surface area contributed by atoms with Gasteiger partial charge in [0, 0.05) is 5.92 Å². The molecule has 3 atom stereocenters. The lowest BCUT2D eigenvalue weighted by atomic mass is 9.86. The third-order valence-corrected chi connectivity index (χ3v) is 12.7. The summed E-state index contributed by atoms with van der Waals surface area (Å²) in [7, 11) is -2.33. The molecule has 236 valence electrons. The van der Waals surface area contributed by atoms with Gasteiger partial charge in [0.15, 0.2) is 14.1 Å². The molecule has 44 heavy (non-hydrogen) atoms. The summed E-state index contributed by atoms with van der Waals surface area (Å²) in [5.41, 5.74) is 2.49. The number of carbonyl (C=O) groups is 2. The van der Waals surface area contributed by atoms with Crippen LogP contribution in [0, 0.1) is 5.92 Å². The second kappa shape index (κ2) is 15.5. The lowest BCUT2D eigenvalue weighted by Crippen LogP contribution is -2.54. The highest BCUT2D eigenvalue weighted by molar-refractivity contribution is 6.74. The number of benzene rings is 3. The number of nitrogens with one attached hydrogen (secondary N) is 1. The first-order valence-corrected chi connectivity index (χ1v) is 18.6. The maximum Gasteiger partial charge on any atom is 0.407 e. The molecule has 0 bridgehead atoms. The van der Waals surface area contributed by atoms with Crippen molar-refractivity contribution in [1.29, 1.82) is 0 Å². The maximum absolute atomic E-state index is 14.0. The summed E-state index contributed by atoms with van der Waals surface area (Å²) >= 11 is 0. The summed E-state index contributed by atoms with van der Waals surface area (Å²) in [5.74, 6) is -0.317. The van der Waals surface area contributed by atoms with Gasteiger partial charge in [0.25, 0.3) is 0 Å². The SMILES string of the molecule is CC(C)(C)OC(=O)N[C@@H](Cc1ccccc1)[C@H](C[C@@H](Cc1ccccc1)C(=O)/C=C/c1ccccc1)O[Si](C)(C)C(C)(C)C. The molecule has 0 radical (unpaired) electrons. The molecule has 1 amide bonds. The van der Waals surface area contributed by atoms with E-state index >= 15 is 0 Å². The Hall–Kier alpha value is -3.48. The van der Waals surface area contributed by atoms with E-state index in [1.54, 1.807) is 6.08 Å². The molecule has 3 rings (SSSR count). The Morgan fingerprint density at radius 1 is 0.773 bits per heavy atom. The maximum atomic E-state index is 14.0. The van der Waals surface area contributed by atoms with Gasteiger partial charge in [0.1, 0.15) is 5.60 Å². The zero-order valence-corrected chi connectivity index (χ0v) is 28.8. The van der Waals surface area contributed by atoms with Crippen molar-refractivity contribution < 1.29 is 18.8 Å². The topological polar surface area (TPSA) is 64.6 Å². The van der Waals surface area contributed by atoms with Gasteiger partial charge in [-0.3, -0.25) is 4.79 Å². The van der Waals surface area contributed by atoms with Crippen molar-refractivity contribution in [1.82, 2.24) is 5.32 Å². The van der Waals surface area contributed by atoms with Gasteiger partial charge in [-0.1, -0.05) is 118 Å². The summed E-state index contributed by atoms with van der Waals surface area (Å²) in [6, 6.07) is 29.7. The number of carbonyl (C=O) groups excluding carboxylic acids is 2. The predicted molar refractivity (Wildman–Crippen MR) is 184 cm³/mol. The molecular weight excluding hydrogens is 563 g/mol. The van der Waals surface area contributed by atoms with Crippen molar-refractivity contribution in [2.45, 2.75) is 96.7 Å². The van der Waals surface area contributed by atoms with E-state index in [1.165, 1.54) is 0 Å². The Kier molecular flexibility index (Phi) is 12.3. The van der Waals surface area contributed by atoms with Gasteiger partial charge in [-0.15, -0.1) is 0 Å². The monoisotopic (exact) mass is 613 g/mol. The number of hydrogen-bond donors (Lipinski definition) is 1. The van der Waals surface area contributed by atoms with Crippen molar-refractivity contribution in [2.24, 2.45) is 5.92 Å². The minimum atomic E-state index is -2.33. The Morgan fingerprint density at radius 2 is 1.27 bits per heavy atom. The average Bonchev–Trinajstić information content (AvgIpc) is 2.95. The first kappa shape index (κ1) is 35.0. The zero-order valence-electron chi connectivity index (χ0n) is 27.8. The van der Waals surface area contributed by atoms with Gasteiger partial charge < -0.3 is 14.5 Å². The van der Waals surface area contributed by atoms with E-state index < -0.39 is 32.2 Å². The molecule has 0 aliphatic carbocycles. The fraction of sp³-hybridized carbons (Fsp3) is 0.421. The molecule has 0 aliphatic rings. The minimum Gasteiger partial charge on any atom is -0.444 e. The molecule has 6 heteroatoms. The fourth-order valence-corrected chi connectivity index (χ4v) is 6.18. The molecule has 0 spiro atoms. The van der Waals surface area contributed by atoms with Crippen LogP contribution in [0.1, 0.15) is 64.7 Å². The van der Waals surface area contributed by atoms with E-state index in [0.717, 1.165) is 16.7 Å². The van der Waals surface area contributed by atoms with Gasteiger partial charge in [-0.25, -0.2) is 4.79 Å². The van der Waals surface area contributed by atoms with E-state index in [4.69, 9.17) is 9.16 Å². The van der Waals surface area contributed by atoms with Gasteiger partial charge in [-0.2, -0.15) is 0 Å². The largest absolute Gasteiger partial charge is 0.444 e. The van der Waals surface area contributed by atoms with Crippen LogP contribution in [0.3, 0.4) is 0 Å². The number of ether oxygens (including phenoxy) is 1. The van der Waals surface area contributed by atoms with Gasteiger partial charge in [-0.05, 0) is 80.9 Å². The molecule has 0 saturated heterocycles. The predicted octanol–water partition coefficient (Wildman–Crippen LogP) is 9.04.